The maximum absolute atomic E-state index is 15.1. The van der Waals surface area contributed by atoms with Crippen LogP contribution in [-0.2, 0) is 11.0 Å². The van der Waals surface area contributed by atoms with E-state index in [9.17, 15) is 4.21 Å². The second-order valence-corrected chi connectivity index (χ2v) is 13.2. The third-order valence-corrected chi connectivity index (χ3v) is 9.57. The molecule has 11 heteroatoms. The van der Waals surface area contributed by atoms with Gasteiger partial charge in [-0.2, -0.15) is 0 Å². The van der Waals surface area contributed by atoms with E-state index in [1.54, 1.807) is 12.3 Å². The Morgan fingerprint density at radius 2 is 1.98 bits per heavy atom. The molecule has 0 spiro atoms. The first-order chi connectivity index (χ1) is 19.2. The van der Waals surface area contributed by atoms with E-state index in [0.29, 0.717) is 22.3 Å². The Morgan fingerprint density at radius 1 is 1.25 bits per heavy atom. The number of halogens is 2. The predicted molar refractivity (Wildman–Crippen MR) is 161 cm³/mol. The molecule has 1 aliphatic heterocycles. The fraction of sp³-hybridized carbons (Fsp3) is 0.517. The lowest BCUT2D eigenvalue weighted by molar-refractivity contribution is 0.353. The van der Waals surface area contributed by atoms with E-state index in [0.717, 1.165) is 75.1 Å². The van der Waals surface area contributed by atoms with Gasteiger partial charge < -0.3 is 15.4 Å². The number of benzene rings is 1. The molecule has 1 aromatic carbocycles. The molecule has 0 radical (unpaired) electrons. The van der Waals surface area contributed by atoms with Crippen LogP contribution in [0, 0.1) is 17.6 Å². The van der Waals surface area contributed by atoms with Crippen LogP contribution in [0.4, 0.5) is 20.4 Å². The number of hydrogen-bond acceptors (Lipinski definition) is 7. The Hall–Kier alpha value is -2.50. The van der Waals surface area contributed by atoms with Gasteiger partial charge in [0.05, 0.1) is 15.8 Å². The first-order valence-electron chi connectivity index (χ1n) is 14.0. The number of allylic oxidation sites excluding steroid dienone is 2. The summed E-state index contributed by atoms with van der Waals surface area (Å²) in [5.41, 5.74) is 0.239. The molecule has 1 saturated carbocycles. The summed E-state index contributed by atoms with van der Waals surface area (Å²) in [7, 11) is -1.55. The number of anilines is 2. The summed E-state index contributed by atoms with van der Waals surface area (Å²) in [6.07, 6.45) is 8.06. The van der Waals surface area contributed by atoms with Gasteiger partial charge in [-0.05, 0) is 56.5 Å². The average Bonchev–Trinajstić information content (AvgIpc) is 3.48. The monoisotopic (exact) mass is 591 g/mol. The third-order valence-electron chi connectivity index (χ3n) is 7.13. The highest BCUT2D eigenvalue weighted by atomic mass is 32.2. The van der Waals surface area contributed by atoms with Gasteiger partial charge in [0.15, 0.2) is 11.6 Å². The van der Waals surface area contributed by atoms with Crippen molar-refractivity contribution in [1.29, 1.82) is 0 Å². The van der Waals surface area contributed by atoms with E-state index in [2.05, 4.69) is 26.9 Å². The van der Waals surface area contributed by atoms with Crippen LogP contribution in [-0.4, -0.2) is 38.6 Å². The van der Waals surface area contributed by atoms with Gasteiger partial charge in [-0.3, -0.25) is 4.72 Å². The Bertz CT molecular complexity index is 1220. The van der Waals surface area contributed by atoms with E-state index in [4.69, 9.17) is 9.72 Å². The third kappa shape index (κ3) is 8.04. The first-order valence-corrected chi connectivity index (χ1v) is 16.0. The van der Waals surface area contributed by atoms with Crippen molar-refractivity contribution in [2.45, 2.75) is 77.0 Å². The number of ether oxygens (including phenoxy) is 1. The van der Waals surface area contributed by atoms with Crippen molar-refractivity contribution in [2.75, 3.05) is 23.1 Å². The fourth-order valence-corrected chi connectivity index (χ4v) is 7.03. The fourth-order valence-electron chi connectivity index (χ4n) is 4.79. The zero-order chi connectivity index (χ0) is 28.6. The molecule has 0 amide bonds. The normalized spacial score (nSPS) is 20.0. The molecular formula is C29H39F2N5O2S2. The number of hydrogen-bond donors (Lipinski definition) is 3. The minimum Gasteiger partial charge on any atom is -0.460 e. The largest absolute Gasteiger partial charge is 0.460 e. The molecule has 1 saturated heterocycles. The van der Waals surface area contributed by atoms with E-state index < -0.39 is 28.3 Å². The lowest BCUT2D eigenvalue weighted by atomic mass is 10.1. The van der Waals surface area contributed by atoms with Gasteiger partial charge in [0.25, 0.3) is 0 Å². The summed E-state index contributed by atoms with van der Waals surface area (Å²) in [6, 6.07) is 4.29. The molecule has 7 nitrogen and oxygen atoms in total. The molecule has 1 aromatic heterocycles. The van der Waals surface area contributed by atoms with Crippen molar-refractivity contribution in [3.8, 4) is 5.75 Å². The lowest BCUT2D eigenvalue weighted by Gasteiger charge is -2.24. The minimum atomic E-state index is -1.55. The van der Waals surface area contributed by atoms with Gasteiger partial charge in [0.2, 0.25) is 5.95 Å². The number of nitrogens with zero attached hydrogens (tertiary/aromatic N) is 2. The highest BCUT2D eigenvalue weighted by Crippen LogP contribution is 2.39. The molecule has 2 fully saturated rings. The standard InChI is InChI=1S/C29H39F2N5O2S2/c1-5-19(4)27(38-21-15-23(30)26(24(31)16-21)36-40(37)22-10-6-7-11-22)28(39-18(2)3)25-12-14-33-29(35-25)34-20-9-8-13-32-17-20/h12,14-16,19-20,22,32,36H,2,5-11,13,17H2,1,3-4H3,(H,33,34,35)/b28-27+. The summed E-state index contributed by atoms with van der Waals surface area (Å²) < 4.78 is 51.6. The molecule has 3 unspecified atom stereocenters. The van der Waals surface area contributed by atoms with Crippen LogP contribution < -0.4 is 20.1 Å². The number of thioether (sulfide) groups is 1. The van der Waals surface area contributed by atoms with Gasteiger partial charge in [-0.1, -0.05) is 45.0 Å². The lowest BCUT2D eigenvalue weighted by Crippen LogP contribution is -2.38. The summed E-state index contributed by atoms with van der Waals surface area (Å²) in [4.78, 5) is 10.7. The van der Waals surface area contributed by atoms with Crippen LogP contribution in [0.1, 0.15) is 71.4 Å². The van der Waals surface area contributed by atoms with Crippen LogP contribution >= 0.6 is 11.8 Å². The zero-order valence-electron chi connectivity index (χ0n) is 23.4. The Kier molecular flexibility index (Phi) is 11.0. The number of piperidine rings is 1. The molecule has 1 aliphatic carbocycles. The van der Waals surface area contributed by atoms with Crippen molar-refractivity contribution in [3.63, 3.8) is 0 Å². The van der Waals surface area contributed by atoms with Crippen LogP contribution in [0.3, 0.4) is 0 Å². The zero-order valence-corrected chi connectivity index (χ0v) is 25.0. The van der Waals surface area contributed by atoms with Crippen molar-refractivity contribution in [3.05, 3.63) is 59.0 Å². The number of aromatic nitrogens is 2. The van der Waals surface area contributed by atoms with Crippen molar-refractivity contribution >= 4 is 39.3 Å². The van der Waals surface area contributed by atoms with E-state index in [1.165, 1.54) is 11.8 Å². The maximum Gasteiger partial charge on any atom is 0.223 e. The molecule has 40 heavy (non-hydrogen) atoms. The van der Waals surface area contributed by atoms with Crippen molar-refractivity contribution < 1.29 is 17.7 Å². The second-order valence-electron chi connectivity index (χ2n) is 10.4. The van der Waals surface area contributed by atoms with Crippen molar-refractivity contribution in [2.24, 2.45) is 5.92 Å². The van der Waals surface area contributed by atoms with Crippen LogP contribution in [0.5, 0.6) is 5.75 Å². The molecule has 2 aliphatic rings. The Labute approximate surface area is 242 Å². The van der Waals surface area contributed by atoms with Gasteiger partial charge in [-0.25, -0.2) is 23.0 Å². The predicted octanol–water partition coefficient (Wildman–Crippen LogP) is 7.00. The summed E-state index contributed by atoms with van der Waals surface area (Å²) >= 11 is 1.40. The van der Waals surface area contributed by atoms with E-state index in [1.807, 2.05) is 20.8 Å². The molecule has 2 heterocycles. The smallest absolute Gasteiger partial charge is 0.223 e. The summed E-state index contributed by atoms with van der Waals surface area (Å²) in [5.74, 6) is -0.731. The number of nitrogens with one attached hydrogen (secondary N) is 3. The SMILES string of the molecule is C=C(C)S/C(=C(/Oc1cc(F)c(NS(=O)C2CCCC2)c(F)c1)C(C)CC)c1ccnc(NC2CCCNC2)n1. The quantitative estimate of drug-likeness (QED) is 0.229. The molecule has 4 rings (SSSR count). The molecule has 3 atom stereocenters. The van der Waals surface area contributed by atoms with Gasteiger partial charge in [-0.15, -0.1) is 0 Å². The van der Waals surface area contributed by atoms with E-state index >= 15 is 8.78 Å². The summed E-state index contributed by atoms with van der Waals surface area (Å²) in [5, 5.41) is 6.69. The van der Waals surface area contributed by atoms with Gasteiger partial charge in [0.1, 0.15) is 28.2 Å². The molecule has 2 aromatic rings. The van der Waals surface area contributed by atoms with Crippen LogP contribution in [0.15, 0.2) is 41.6 Å². The highest BCUT2D eigenvalue weighted by molar-refractivity contribution is 8.11. The Morgan fingerprint density at radius 3 is 2.60 bits per heavy atom. The average molecular weight is 592 g/mol. The first kappa shape index (κ1) is 30.5. The van der Waals surface area contributed by atoms with Crippen LogP contribution in [0.25, 0.3) is 4.91 Å². The number of rotatable bonds is 12. The van der Waals surface area contributed by atoms with Gasteiger partial charge in [0, 0.05) is 36.8 Å². The topological polar surface area (TPSA) is 88.2 Å². The highest BCUT2D eigenvalue weighted by Gasteiger charge is 2.25. The summed E-state index contributed by atoms with van der Waals surface area (Å²) in [6.45, 7) is 11.8. The molecule has 0 bridgehead atoms. The van der Waals surface area contributed by atoms with Crippen LogP contribution in [0.2, 0.25) is 0 Å². The molecule has 3 N–H and O–H groups in total. The maximum atomic E-state index is 15.1. The van der Waals surface area contributed by atoms with E-state index in [-0.39, 0.29) is 23.0 Å². The second kappa shape index (κ2) is 14.4. The minimum absolute atomic E-state index is 0.0167. The molecule has 218 valence electrons. The molecular weight excluding hydrogens is 552 g/mol. The van der Waals surface area contributed by atoms with Gasteiger partial charge >= 0.3 is 0 Å². The van der Waals surface area contributed by atoms with Crippen molar-refractivity contribution in [1.82, 2.24) is 15.3 Å². The Balaban J connectivity index is 1.65.